The highest BCUT2D eigenvalue weighted by molar-refractivity contribution is 5.91. The van der Waals surface area contributed by atoms with Crippen LogP contribution in [0.5, 0.6) is 0 Å². The maximum Gasteiger partial charge on any atom is 0.407 e. The van der Waals surface area contributed by atoms with Crippen molar-refractivity contribution in [2.75, 3.05) is 19.8 Å². The number of nitrogens with zero attached hydrogens (tertiary/aromatic N) is 1. The van der Waals surface area contributed by atoms with E-state index in [1.165, 1.54) is 13.3 Å². The fraction of sp³-hybridized carbons (Fsp3) is 0.750. The average Bonchev–Trinajstić information content (AvgIpc) is 2.78. The molecule has 0 aromatic heterocycles. The van der Waals surface area contributed by atoms with E-state index in [1.54, 1.807) is 0 Å². The third-order valence-electron chi connectivity index (χ3n) is 5.18. The second kappa shape index (κ2) is 15.0. The number of nitrogens with two attached hydrogens (primary N) is 2. The van der Waals surface area contributed by atoms with E-state index in [0.717, 1.165) is 25.7 Å². The lowest BCUT2D eigenvalue weighted by atomic mass is 9.90. The molecule has 8 N–H and O–H groups in total. The van der Waals surface area contributed by atoms with E-state index >= 15 is 0 Å². The Kier molecular flexibility index (Phi) is 12.7. The van der Waals surface area contributed by atoms with Gasteiger partial charge in [-0.3, -0.25) is 14.6 Å². The number of aliphatic imine (C=N–C) groups is 1. The molecule has 1 aliphatic carbocycles. The Morgan fingerprint density at radius 3 is 2.41 bits per heavy atom. The van der Waals surface area contributed by atoms with Gasteiger partial charge in [0.25, 0.3) is 0 Å². The number of guanidine groups is 1. The second-order valence-corrected chi connectivity index (χ2v) is 7.91. The molecule has 0 saturated heterocycles. The predicted octanol–water partition coefficient (Wildman–Crippen LogP) is -1.10. The van der Waals surface area contributed by atoms with Crippen LogP contribution < -0.4 is 27.4 Å². The van der Waals surface area contributed by atoms with E-state index in [4.69, 9.17) is 16.2 Å². The van der Waals surface area contributed by atoms with Gasteiger partial charge in [0.15, 0.2) is 5.96 Å². The zero-order valence-corrected chi connectivity index (χ0v) is 18.5. The summed E-state index contributed by atoms with van der Waals surface area (Å²) in [5.41, 5.74) is 10.4. The summed E-state index contributed by atoms with van der Waals surface area (Å²) in [5.74, 6) is -1.09. The first-order valence-corrected chi connectivity index (χ1v) is 10.9. The van der Waals surface area contributed by atoms with Crippen molar-refractivity contribution in [1.82, 2.24) is 16.0 Å². The minimum Gasteiger partial charge on any atom is -0.449 e. The standard InChI is InChI=1S/C20H36N6O6/c1-13(17(29)25-15(10-27)8-5-9-23-19(21)22)24-18(30)16(11-28)26-20(31)32-12-14-6-3-2-4-7-14/h10,13-16,28H,2-9,11-12H2,1H3,(H,24,30)(H,25,29)(H,26,31)(H4,21,22,23)/t13-,15-,16+/m0/s1. The largest absolute Gasteiger partial charge is 0.449 e. The van der Waals surface area contributed by atoms with Crippen molar-refractivity contribution in [2.45, 2.75) is 70.0 Å². The van der Waals surface area contributed by atoms with Crippen LogP contribution in [0.25, 0.3) is 0 Å². The quantitative estimate of drug-likeness (QED) is 0.0867. The summed E-state index contributed by atoms with van der Waals surface area (Å²) in [5, 5.41) is 16.7. The van der Waals surface area contributed by atoms with Crippen LogP contribution in [0.15, 0.2) is 4.99 Å². The van der Waals surface area contributed by atoms with E-state index in [-0.39, 0.29) is 12.6 Å². The number of amides is 3. The lowest BCUT2D eigenvalue weighted by Crippen LogP contribution is -2.55. The number of aliphatic hydroxyl groups is 1. The van der Waals surface area contributed by atoms with Crippen LogP contribution >= 0.6 is 0 Å². The van der Waals surface area contributed by atoms with Gasteiger partial charge in [-0.2, -0.15) is 0 Å². The summed E-state index contributed by atoms with van der Waals surface area (Å²) in [6.45, 7) is 1.33. The molecule has 0 heterocycles. The molecular weight excluding hydrogens is 420 g/mol. The summed E-state index contributed by atoms with van der Waals surface area (Å²) < 4.78 is 5.16. The summed E-state index contributed by atoms with van der Waals surface area (Å²) in [7, 11) is 0. The molecule has 0 bridgehead atoms. The lowest BCUT2D eigenvalue weighted by Gasteiger charge is -2.23. The van der Waals surface area contributed by atoms with Gasteiger partial charge in [0.2, 0.25) is 11.8 Å². The number of hydrogen-bond acceptors (Lipinski definition) is 7. The molecule has 12 nitrogen and oxygen atoms in total. The number of aliphatic hydroxyl groups excluding tert-OH is 1. The second-order valence-electron chi connectivity index (χ2n) is 7.91. The fourth-order valence-electron chi connectivity index (χ4n) is 3.31. The molecule has 1 saturated carbocycles. The minimum atomic E-state index is -1.27. The van der Waals surface area contributed by atoms with Crippen molar-refractivity contribution in [2.24, 2.45) is 22.4 Å². The molecule has 0 aliphatic heterocycles. The van der Waals surface area contributed by atoms with Crippen molar-refractivity contribution >= 4 is 30.2 Å². The highest BCUT2D eigenvalue weighted by Crippen LogP contribution is 2.23. The molecule has 1 fully saturated rings. The number of ether oxygens (including phenoxy) is 1. The maximum absolute atomic E-state index is 12.3. The van der Waals surface area contributed by atoms with E-state index in [2.05, 4.69) is 20.9 Å². The number of nitrogens with one attached hydrogen (secondary N) is 3. The van der Waals surface area contributed by atoms with Crippen LogP contribution in [0, 0.1) is 5.92 Å². The van der Waals surface area contributed by atoms with Gasteiger partial charge >= 0.3 is 6.09 Å². The molecule has 3 amide bonds. The molecule has 0 aromatic carbocycles. The van der Waals surface area contributed by atoms with Gasteiger partial charge in [0.05, 0.1) is 19.3 Å². The topological polar surface area (TPSA) is 198 Å². The van der Waals surface area contributed by atoms with Gasteiger partial charge in [0, 0.05) is 6.54 Å². The molecule has 0 unspecified atom stereocenters. The number of carbonyl (C=O) groups is 4. The van der Waals surface area contributed by atoms with Crippen molar-refractivity contribution in [3.8, 4) is 0 Å². The Morgan fingerprint density at radius 1 is 1.12 bits per heavy atom. The van der Waals surface area contributed by atoms with Crippen LogP contribution in [0.3, 0.4) is 0 Å². The van der Waals surface area contributed by atoms with Gasteiger partial charge in [-0.05, 0) is 38.5 Å². The number of carbonyl (C=O) groups excluding carboxylic acids is 4. The van der Waals surface area contributed by atoms with Crippen LogP contribution in [0.2, 0.25) is 0 Å². The molecule has 182 valence electrons. The van der Waals surface area contributed by atoms with Gasteiger partial charge in [-0.1, -0.05) is 19.3 Å². The Bertz CT molecular complexity index is 648. The molecule has 1 rings (SSSR count). The zero-order valence-electron chi connectivity index (χ0n) is 18.5. The van der Waals surface area contributed by atoms with Gasteiger partial charge in [-0.15, -0.1) is 0 Å². The highest BCUT2D eigenvalue weighted by atomic mass is 16.5. The Labute approximate surface area is 187 Å². The van der Waals surface area contributed by atoms with Crippen molar-refractivity contribution < 1.29 is 29.0 Å². The summed E-state index contributed by atoms with van der Waals surface area (Å²) >= 11 is 0. The normalized spacial score (nSPS) is 16.7. The van der Waals surface area contributed by atoms with Crippen LogP contribution in [0.1, 0.15) is 51.9 Å². The molecule has 1 aliphatic rings. The van der Waals surface area contributed by atoms with Crippen molar-refractivity contribution in [3.63, 3.8) is 0 Å². The Balaban J connectivity index is 2.41. The fourth-order valence-corrected chi connectivity index (χ4v) is 3.31. The number of aldehydes is 1. The van der Waals surface area contributed by atoms with E-state index in [9.17, 15) is 24.3 Å². The lowest BCUT2D eigenvalue weighted by molar-refractivity contribution is -0.131. The Hall–Kier alpha value is -2.89. The van der Waals surface area contributed by atoms with Gasteiger partial charge < -0.3 is 42.1 Å². The molecule has 0 spiro atoms. The smallest absolute Gasteiger partial charge is 0.407 e. The summed E-state index contributed by atoms with van der Waals surface area (Å²) in [4.78, 5) is 51.5. The highest BCUT2D eigenvalue weighted by Gasteiger charge is 2.26. The number of hydrogen-bond donors (Lipinski definition) is 6. The SMILES string of the molecule is C[C@H](NC(=O)[C@@H](CO)NC(=O)OCC1CCCCC1)C(=O)N[C@H](C=O)CCCN=C(N)N. The third-order valence-corrected chi connectivity index (χ3v) is 5.18. The number of rotatable bonds is 13. The molecule has 0 radical (unpaired) electrons. The third kappa shape index (κ3) is 10.9. The first kappa shape index (κ1) is 27.1. The number of alkyl carbamates (subject to hydrolysis) is 1. The van der Waals surface area contributed by atoms with Crippen LogP contribution in [-0.4, -0.2) is 73.1 Å². The molecular formula is C20H36N6O6. The molecule has 32 heavy (non-hydrogen) atoms. The molecule has 12 heteroatoms. The monoisotopic (exact) mass is 456 g/mol. The Morgan fingerprint density at radius 2 is 1.81 bits per heavy atom. The van der Waals surface area contributed by atoms with Crippen LogP contribution in [-0.2, 0) is 19.1 Å². The summed E-state index contributed by atoms with van der Waals surface area (Å²) in [6, 6.07) is -3.04. The first-order chi connectivity index (χ1) is 15.3. The molecule has 0 aromatic rings. The van der Waals surface area contributed by atoms with E-state index in [0.29, 0.717) is 31.6 Å². The van der Waals surface area contributed by atoms with Crippen molar-refractivity contribution in [3.05, 3.63) is 0 Å². The predicted molar refractivity (Wildman–Crippen MR) is 117 cm³/mol. The summed E-state index contributed by atoms with van der Waals surface area (Å²) in [6.07, 6.45) is 5.98. The molecule has 3 atom stereocenters. The average molecular weight is 457 g/mol. The van der Waals surface area contributed by atoms with E-state index < -0.39 is 42.6 Å². The van der Waals surface area contributed by atoms with Gasteiger partial charge in [0.1, 0.15) is 18.4 Å². The van der Waals surface area contributed by atoms with Gasteiger partial charge in [-0.25, -0.2) is 4.79 Å². The minimum absolute atomic E-state index is 0.0575. The van der Waals surface area contributed by atoms with Crippen molar-refractivity contribution in [1.29, 1.82) is 0 Å². The maximum atomic E-state index is 12.3. The van der Waals surface area contributed by atoms with Crippen LogP contribution in [0.4, 0.5) is 4.79 Å². The van der Waals surface area contributed by atoms with E-state index in [1.807, 2.05) is 0 Å². The first-order valence-electron chi connectivity index (χ1n) is 10.9. The zero-order chi connectivity index (χ0) is 23.9.